The molecule has 1 aliphatic rings. The van der Waals surface area contributed by atoms with Gasteiger partial charge in [0.25, 0.3) is 0 Å². The molecule has 1 heterocycles. The highest BCUT2D eigenvalue weighted by atomic mass is 16.5. The minimum atomic E-state index is 0.159. The van der Waals surface area contributed by atoms with E-state index < -0.39 is 0 Å². The number of benzene rings is 1. The van der Waals surface area contributed by atoms with E-state index in [0.29, 0.717) is 17.8 Å². The predicted octanol–water partition coefficient (Wildman–Crippen LogP) is 2.19. The third kappa shape index (κ3) is 4.97. The van der Waals surface area contributed by atoms with E-state index in [0.717, 1.165) is 38.2 Å². The zero-order valence-electron chi connectivity index (χ0n) is 15.0. The Morgan fingerprint density at radius 3 is 2.79 bits per heavy atom. The molecular formula is C19H30N2O3. The van der Waals surface area contributed by atoms with Crippen molar-refractivity contribution in [1.29, 1.82) is 0 Å². The molecule has 0 amide bonds. The first-order valence-corrected chi connectivity index (χ1v) is 8.67. The second-order valence-electron chi connectivity index (χ2n) is 6.59. The molecule has 0 unspecified atom stereocenters. The molecule has 0 spiro atoms. The number of hydrogen-bond acceptors (Lipinski definition) is 5. The second kappa shape index (κ2) is 9.06. The molecule has 1 fully saturated rings. The number of aliphatic hydroxyl groups is 1. The molecule has 2 rings (SSSR count). The zero-order chi connectivity index (χ0) is 17.5. The van der Waals surface area contributed by atoms with Crippen LogP contribution in [-0.2, 0) is 0 Å². The van der Waals surface area contributed by atoms with Gasteiger partial charge in [0, 0.05) is 44.9 Å². The lowest BCUT2D eigenvalue weighted by Gasteiger charge is -2.43. The first-order valence-electron chi connectivity index (χ1n) is 8.67. The Bertz CT molecular complexity index is 545. The lowest BCUT2D eigenvalue weighted by molar-refractivity contribution is 0.0435. The summed E-state index contributed by atoms with van der Waals surface area (Å²) in [5.41, 5.74) is 1.01. The van der Waals surface area contributed by atoms with Crippen LogP contribution < -0.4 is 4.74 Å². The first kappa shape index (κ1) is 18.8. The normalized spacial score (nSPS) is 20.1. The Morgan fingerprint density at radius 2 is 2.12 bits per heavy atom. The van der Waals surface area contributed by atoms with Gasteiger partial charge in [0.1, 0.15) is 0 Å². The van der Waals surface area contributed by atoms with Gasteiger partial charge < -0.3 is 14.9 Å². The van der Waals surface area contributed by atoms with Crippen molar-refractivity contribution < 1.29 is 14.9 Å². The van der Waals surface area contributed by atoms with Crippen molar-refractivity contribution in [2.45, 2.75) is 32.4 Å². The second-order valence-corrected chi connectivity index (χ2v) is 6.59. The summed E-state index contributed by atoms with van der Waals surface area (Å²) in [4.78, 5) is 4.91. The van der Waals surface area contributed by atoms with Crippen molar-refractivity contribution in [3.05, 3.63) is 29.8 Å². The minimum Gasteiger partial charge on any atom is -0.504 e. The molecule has 1 atom stereocenters. The molecule has 1 aromatic carbocycles. The average molecular weight is 334 g/mol. The number of hydrogen-bond donors (Lipinski definition) is 2. The third-order valence-electron chi connectivity index (χ3n) is 4.62. The Balaban J connectivity index is 1.92. The molecule has 1 aliphatic heterocycles. The van der Waals surface area contributed by atoms with Crippen molar-refractivity contribution in [1.82, 2.24) is 9.80 Å². The number of phenolic OH excluding ortho intramolecular Hbond substituents is 1. The van der Waals surface area contributed by atoms with Crippen LogP contribution in [0, 0.1) is 0 Å². The van der Waals surface area contributed by atoms with Crippen LogP contribution in [0.3, 0.4) is 0 Å². The molecule has 5 heteroatoms. The van der Waals surface area contributed by atoms with Crippen LogP contribution in [0.5, 0.6) is 11.5 Å². The van der Waals surface area contributed by atoms with Gasteiger partial charge in [-0.2, -0.15) is 0 Å². The highest BCUT2D eigenvalue weighted by Crippen LogP contribution is 2.26. The van der Waals surface area contributed by atoms with E-state index >= 15 is 0 Å². The van der Waals surface area contributed by atoms with Crippen LogP contribution in [0.25, 0.3) is 6.08 Å². The average Bonchev–Trinajstić information content (AvgIpc) is 2.56. The highest BCUT2D eigenvalue weighted by molar-refractivity contribution is 5.55. The van der Waals surface area contributed by atoms with Gasteiger partial charge in [0.05, 0.1) is 7.11 Å². The summed E-state index contributed by atoms with van der Waals surface area (Å²) in [5, 5.41) is 18.9. The Labute approximate surface area is 145 Å². The summed E-state index contributed by atoms with van der Waals surface area (Å²) in [7, 11) is 1.55. The van der Waals surface area contributed by atoms with E-state index in [9.17, 15) is 10.2 Å². The van der Waals surface area contributed by atoms with Gasteiger partial charge in [-0.1, -0.05) is 18.2 Å². The number of rotatable bonds is 7. The number of aromatic hydroxyl groups is 1. The summed E-state index contributed by atoms with van der Waals surface area (Å²) >= 11 is 0. The Hall–Kier alpha value is -1.56. The number of piperazine rings is 1. The van der Waals surface area contributed by atoms with Crippen molar-refractivity contribution in [2.75, 3.05) is 39.9 Å². The van der Waals surface area contributed by atoms with Crippen molar-refractivity contribution in [3.63, 3.8) is 0 Å². The van der Waals surface area contributed by atoms with Crippen molar-refractivity contribution in [2.24, 2.45) is 0 Å². The number of aliphatic hydroxyl groups excluding tert-OH is 1. The minimum absolute atomic E-state index is 0.159. The lowest BCUT2D eigenvalue weighted by Crippen LogP contribution is -2.55. The molecule has 5 nitrogen and oxygen atoms in total. The quantitative estimate of drug-likeness (QED) is 0.800. The molecule has 0 saturated carbocycles. The summed E-state index contributed by atoms with van der Waals surface area (Å²) < 4.78 is 5.13. The van der Waals surface area contributed by atoms with Crippen LogP contribution in [-0.4, -0.2) is 72.0 Å². The number of phenols is 1. The van der Waals surface area contributed by atoms with E-state index in [1.807, 2.05) is 12.1 Å². The van der Waals surface area contributed by atoms with Gasteiger partial charge >= 0.3 is 0 Å². The fourth-order valence-corrected chi connectivity index (χ4v) is 3.32. The predicted molar refractivity (Wildman–Crippen MR) is 97.5 cm³/mol. The van der Waals surface area contributed by atoms with Gasteiger partial charge in [-0.25, -0.2) is 0 Å². The van der Waals surface area contributed by atoms with Crippen LogP contribution in [0.1, 0.15) is 25.8 Å². The lowest BCUT2D eigenvalue weighted by atomic mass is 10.1. The first-order chi connectivity index (χ1) is 11.5. The smallest absolute Gasteiger partial charge is 0.161 e. The fraction of sp³-hybridized carbons (Fsp3) is 0.579. The van der Waals surface area contributed by atoms with Crippen LogP contribution >= 0.6 is 0 Å². The van der Waals surface area contributed by atoms with Crippen LogP contribution in [0.2, 0.25) is 0 Å². The summed E-state index contributed by atoms with van der Waals surface area (Å²) in [5.74, 6) is 0.650. The maximum Gasteiger partial charge on any atom is 0.161 e. The summed E-state index contributed by atoms with van der Waals surface area (Å²) in [6.45, 7) is 8.65. The molecule has 2 N–H and O–H groups in total. The van der Waals surface area contributed by atoms with Gasteiger partial charge in [-0.3, -0.25) is 9.80 Å². The standard InChI is InChI=1S/C19H30N2O3/c1-15(2)21-11-10-20(14-17(21)8-12-22)9-4-5-16-6-7-18(23)19(13-16)24-3/h4-7,13,15,17,22-23H,8-12,14H2,1-3H3/b5-4+/t17-/m0/s1. The highest BCUT2D eigenvalue weighted by Gasteiger charge is 2.27. The summed E-state index contributed by atoms with van der Waals surface area (Å²) in [6, 6.07) is 6.29. The number of nitrogens with zero attached hydrogens (tertiary/aromatic N) is 2. The largest absolute Gasteiger partial charge is 0.504 e. The molecule has 0 aromatic heterocycles. The van der Waals surface area contributed by atoms with Gasteiger partial charge in [0.2, 0.25) is 0 Å². The molecule has 0 bridgehead atoms. The maximum atomic E-state index is 9.63. The topological polar surface area (TPSA) is 56.2 Å². The zero-order valence-corrected chi connectivity index (χ0v) is 15.0. The Kier molecular flexibility index (Phi) is 7.09. The van der Waals surface area contributed by atoms with Gasteiger partial charge in [-0.15, -0.1) is 0 Å². The van der Waals surface area contributed by atoms with E-state index in [4.69, 9.17) is 4.74 Å². The molecular weight excluding hydrogens is 304 g/mol. The summed E-state index contributed by atoms with van der Waals surface area (Å²) in [6.07, 6.45) is 5.03. The van der Waals surface area contributed by atoms with Crippen molar-refractivity contribution in [3.8, 4) is 11.5 Å². The molecule has 134 valence electrons. The molecule has 0 radical (unpaired) electrons. The fourth-order valence-electron chi connectivity index (χ4n) is 3.32. The Morgan fingerprint density at radius 1 is 1.33 bits per heavy atom. The molecule has 1 aromatic rings. The number of methoxy groups -OCH3 is 1. The SMILES string of the molecule is COc1cc(/C=C/CN2CCN(C(C)C)[C@@H](CCO)C2)ccc1O. The van der Waals surface area contributed by atoms with E-state index in [1.165, 1.54) is 0 Å². The van der Waals surface area contributed by atoms with E-state index in [-0.39, 0.29) is 12.4 Å². The maximum absolute atomic E-state index is 9.63. The van der Waals surface area contributed by atoms with Crippen molar-refractivity contribution >= 4 is 6.08 Å². The van der Waals surface area contributed by atoms with Crippen LogP contribution in [0.4, 0.5) is 0 Å². The molecule has 24 heavy (non-hydrogen) atoms. The number of ether oxygens (including phenoxy) is 1. The molecule has 0 aliphatic carbocycles. The van der Waals surface area contributed by atoms with Gasteiger partial charge in [-0.05, 0) is 38.0 Å². The van der Waals surface area contributed by atoms with Gasteiger partial charge in [0.15, 0.2) is 11.5 Å². The monoisotopic (exact) mass is 334 g/mol. The van der Waals surface area contributed by atoms with E-state index in [2.05, 4.69) is 35.8 Å². The third-order valence-corrected chi connectivity index (χ3v) is 4.62. The van der Waals surface area contributed by atoms with E-state index in [1.54, 1.807) is 13.2 Å². The van der Waals surface area contributed by atoms with Crippen LogP contribution in [0.15, 0.2) is 24.3 Å². The molecule has 1 saturated heterocycles.